The lowest BCUT2D eigenvalue weighted by molar-refractivity contribution is 0.817. The van der Waals surface area contributed by atoms with Crippen LogP contribution in [0.5, 0.6) is 0 Å². The summed E-state index contributed by atoms with van der Waals surface area (Å²) in [6, 6.07) is 12.7. The molecule has 1 heterocycles. The Bertz CT molecular complexity index is 465. The number of hydrogen-bond donors (Lipinski definition) is 1. The Kier molecular flexibility index (Phi) is 4.31. The molecule has 0 aliphatic carbocycles. The van der Waals surface area contributed by atoms with Gasteiger partial charge in [-0.2, -0.15) is 0 Å². The third-order valence-corrected chi connectivity index (χ3v) is 2.93. The Labute approximate surface area is 108 Å². The van der Waals surface area contributed by atoms with Crippen molar-refractivity contribution in [1.29, 1.82) is 0 Å². The van der Waals surface area contributed by atoms with E-state index in [0.29, 0.717) is 0 Å². The SMILES string of the molecule is CNCc1ccc(N(C)Cc2ccncc2)cc1. The number of pyridine rings is 1. The van der Waals surface area contributed by atoms with Crippen LogP contribution in [0.4, 0.5) is 5.69 Å². The molecular formula is C15H19N3. The summed E-state index contributed by atoms with van der Waals surface area (Å²) < 4.78 is 0. The number of nitrogens with one attached hydrogen (secondary N) is 1. The standard InChI is InChI=1S/C15H19N3/c1-16-11-13-3-5-15(6-4-13)18(2)12-14-7-9-17-10-8-14/h3-10,16H,11-12H2,1-2H3. The van der Waals surface area contributed by atoms with Gasteiger partial charge in [0.2, 0.25) is 0 Å². The van der Waals surface area contributed by atoms with Crippen LogP contribution in [0.3, 0.4) is 0 Å². The van der Waals surface area contributed by atoms with Crippen molar-refractivity contribution in [2.75, 3.05) is 19.0 Å². The molecule has 1 N–H and O–H groups in total. The Hall–Kier alpha value is -1.87. The van der Waals surface area contributed by atoms with Crippen molar-refractivity contribution in [3.8, 4) is 0 Å². The average molecular weight is 241 g/mol. The molecule has 1 aromatic carbocycles. The lowest BCUT2D eigenvalue weighted by Crippen LogP contribution is -2.16. The monoisotopic (exact) mass is 241 g/mol. The Balaban J connectivity index is 2.02. The fourth-order valence-electron chi connectivity index (χ4n) is 1.93. The molecule has 2 aromatic rings. The van der Waals surface area contributed by atoms with Gasteiger partial charge in [-0.3, -0.25) is 4.98 Å². The van der Waals surface area contributed by atoms with E-state index in [-0.39, 0.29) is 0 Å². The molecule has 0 fully saturated rings. The minimum absolute atomic E-state index is 0.897. The molecule has 2 rings (SSSR count). The summed E-state index contributed by atoms with van der Waals surface area (Å²) in [5.41, 5.74) is 3.80. The van der Waals surface area contributed by atoms with Crippen molar-refractivity contribution in [1.82, 2.24) is 10.3 Å². The largest absolute Gasteiger partial charge is 0.370 e. The Morgan fingerprint density at radius 1 is 1.00 bits per heavy atom. The topological polar surface area (TPSA) is 28.2 Å². The highest BCUT2D eigenvalue weighted by molar-refractivity contribution is 5.47. The molecule has 0 aliphatic heterocycles. The summed E-state index contributed by atoms with van der Waals surface area (Å²) in [6.07, 6.45) is 3.67. The molecule has 3 heteroatoms. The second-order valence-corrected chi connectivity index (χ2v) is 4.41. The van der Waals surface area contributed by atoms with Gasteiger partial charge in [0.15, 0.2) is 0 Å². The van der Waals surface area contributed by atoms with E-state index in [0.717, 1.165) is 13.1 Å². The normalized spacial score (nSPS) is 10.3. The molecule has 0 radical (unpaired) electrons. The van der Waals surface area contributed by atoms with Gasteiger partial charge < -0.3 is 10.2 Å². The van der Waals surface area contributed by atoms with Gasteiger partial charge in [0.25, 0.3) is 0 Å². The highest BCUT2D eigenvalue weighted by Crippen LogP contribution is 2.16. The maximum Gasteiger partial charge on any atom is 0.0427 e. The molecule has 94 valence electrons. The van der Waals surface area contributed by atoms with Crippen LogP contribution in [0.2, 0.25) is 0 Å². The van der Waals surface area contributed by atoms with Crippen LogP contribution in [0.15, 0.2) is 48.8 Å². The summed E-state index contributed by atoms with van der Waals surface area (Å²) >= 11 is 0. The van der Waals surface area contributed by atoms with E-state index in [4.69, 9.17) is 0 Å². The summed E-state index contributed by atoms with van der Waals surface area (Å²) in [4.78, 5) is 6.27. The van der Waals surface area contributed by atoms with E-state index in [1.165, 1.54) is 16.8 Å². The lowest BCUT2D eigenvalue weighted by atomic mass is 10.2. The first kappa shape index (κ1) is 12.6. The Morgan fingerprint density at radius 3 is 2.28 bits per heavy atom. The predicted molar refractivity (Wildman–Crippen MR) is 75.5 cm³/mol. The molecule has 0 bridgehead atoms. The third kappa shape index (κ3) is 3.31. The molecule has 0 unspecified atom stereocenters. The van der Waals surface area contributed by atoms with Gasteiger partial charge in [-0.25, -0.2) is 0 Å². The van der Waals surface area contributed by atoms with Crippen LogP contribution in [0.25, 0.3) is 0 Å². The molecule has 0 saturated heterocycles. The molecule has 0 aliphatic rings. The molecule has 0 atom stereocenters. The highest BCUT2D eigenvalue weighted by atomic mass is 15.1. The van der Waals surface area contributed by atoms with Crippen LogP contribution in [0.1, 0.15) is 11.1 Å². The fraction of sp³-hybridized carbons (Fsp3) is 0.267. The van der Waals surface area contributed by atoms with Gasteiger partial charge in [-0.05, 0) is 42.4 Å². The van der Waals surface area contributed by atoms with E-state index in [1.54, 1.807) is 0 Å². The van der Waals surface area contributed by atoms with Crippen molar-refractivity contribution >= 4 is 5.69 Å². The maximum absolute atomic E-state index is 4.03. The van der Waals surface area contributed by atoms with Gasteiger partial charge in [0.05, 0.1) is 0 Å². The van der Waals surface area contributed by atoms with Crippen molar-refractivity contribution in [2.45, 2.75) is 13.1 Å². The zero-order chi connectivity index (χ0) is 12.8. The predicted octanol–water partition coefficient (Wildman–Crippen LogP) is 2.44. The first-order chi connectivity index (χ1) is 8.79. The second kappa shape index (κ2) is 6.17. The van der Waals surface area contributed by atoms with Gasteiger partial charge >= 0.3 is 0 Å². The number of benzene rings is 1. The van der Waals surface area contributed by atoms with Gasteiger partial charge in [-0.15, -0.1) is 0 Å². The van der Waals surface area contributed by atoms with Gasteiger partial charge in [-0.1, -0.05) is 12.1 Å². The summed E-state index contributed by atoms with van der Waals surface area (Å²) in [5.74, 6) is 0. The molecule has 1 aromatic heterocycles. The molecular weight excluding hydrogens is 222 g/mol. The van der Waals surface area contributed by atoms with Gasteiger partial charge in [0, 0.05) is 38.2 Å². The number of aromatic nitrogens is 1. The van der Waals surface area contributed by atoms with Gasteiger partial charge in [0.1, 0.15) is 0 Å². The molecule has 3 nitrogen and oxygen atoms in total. The first-order valence-electron chi connectivity index (χ1n) is 6.13. The van der Waals surface area contributed by atoms with Crippen LogP contribution in [0, 0.1) is 0 Å². The van der Waals surface area contributed by atoms with E-state index < -0.39 is 0 Å². The van der Waals surface area contributed by atoms with Crippen molar-refractivity contribution in [3.05, 3.63) is 59.9 Å². The van der Waals surface area contributed by atoms with Crippen molar-refractivity contribution < 1.29 is 0 Å². The zero-order valence-electron chi connectivity index (χ0n) is 10.9. The number of nitrogens with zero attached hydrogens (tertiary/aromatic N) is 2. The van der Waals surface area contributed by atoms with E-state index in [1.807, 2.05) is 31.6 Å². The van der Waals surface area contributed by atoms with Crippen LogP contribution >= 0.6 is 0 Å². The van der Waals surface area contributed by atoms with Crippen LogP contribution < -0.4 is 10.2 Å². The number of rotatable bonds is 5. The van der Waals surface area contributed by atoms with E-state index in [2.05, 4.69) is 46.5 Å². The minimum atomic E-state index is 0.897. The van der Waals surface area contributed by atoms with E-state index in [9.17, 15) is 0 Å². The fourth-order valence-corrected chi connectivity index (χ4v) is 1.93. The molecule has 0 amide bonds. The van der Waals surface area contributed by atoms with Crippen molar-refractivity contribution in [2.24, 2.45) is 0 Å². The molecule has 0 spiro atoms. The number of anilines is 1. The zero-order valence-corrected chi connectivity index (χ0v) is 10.9. The Morgan fingerprint density at radius 2 is 1.67 bits per heavy atom. The van der Waals surface area contributed by atoms with E-state index >= 15 is 0 Å². The van der Waals surface area contributed by atoms with Crippen LogP contribution in [-0.2, 0) is 13.1 Å². The third-order valence-electron chi connectivity index (χ3n) is 2.93. The van der Waals surface area contributed by atoms with Crippen LogP contribution in [-0.4, -0.2) is 19.1 Å². The summed E-state index contributed by atoms with van der Waals surface area (Å²) in [5, 5.41) is 3.15. The summed E-state index contributed by atoms with van der Waals surface area (Å²) in [7, 11) is 4.07. The number of hydrogen-bond acceptors (Lipinski definition) is 3. The highest BCUT2D eigenvalue weighted by Gasteiger charge is 2.01. The molecule has 0 saturated carbocycles. The average Bonchev–Trinajstić information content (AvgIpc) is 2.41. The second-order valence-electron chi connectivity index (χ2n) is 4.41. The molecule has 18 heavy (non-hydrogen) atoms. The minimum Gasteiger partial charge on any atom is -0.370 e. The summed E-state index contributed by atoms with van der Waals surface area (Å²) in [6.45, 7) is 1.81. The maximum atomic E-state index is 4.03. The smallest absolute Gasteiger partial charge is 0.0427 e. The first-order valence-corrected chi connectivity index (χ1v) is 6.13. The quantitative estimate of drug-likeness (QED) is 0.871. The lowest BCUT2D eigenvalue weighted by Gasteiger charge is -2.19. The van der Waals surface area contributed by atoms with Crippen molar-refractivity contribution in [3.63, 3.8) is 0 Å².